The minimum absolute atomic E-state index is 0.182. The van der Waals surface area contributed by atoms with E-state index in [1.54, 1.807) is 42.5 Å². The number of anilines is 1. The summed E-state index contributed by atoms with van der Waals surface area (Å²) < 4.78 is 38.2. The van der Waals surface area contributed by atoms with Crippen molar-refractivity contribution < 1.29 is 17.6 Å². The second-order valence-corrected chi connectivity index (χ2v) is 8.46. The molecule has 0 aromatic heterocycles. The zero-order chi connectivity index (χ0) is 19.4. The quantitative estimate of drug-likeness (QED) is 0.800. The highest BCUT2D eigenvalue weighted by Crippen LogP contribution is 2.24. The van der Waals surface area contributed by atoms with Crippen molar-refractivity contribution in [3.63, 3.8) is 0 Å². The van der Waals surface area contributed by atoms with Gasteiger partial charge in [-0.05, 0) is 54.8 Å². The molecule has 5 nitrogen and oxygen atoms in total. The number of hydrogen-bond acceptors (Lipinski definition) is 3. The maximum Gasteiger partial charge on any atom is 0.244 e. The van der Waals surface area contributed by atoms with Crippen LogP contribution >= 0.6 is 0 Å². The highest BCUT2D eigenvalue weighted by Gasteiger charge is 2.28. The summed E-state index contributed by atoms with van der Waals surface area (Å²) in [6.45, 7) is 2.32. The van der Waals surface area contributed by atoms with Gasteiger partial charge in [-0.2, -0.15) is 0 Å². The molecule has 142 valence electrons. The molecule has 27 heavy (non-hydrogen) atoms. The van der Waals surface area contributed by atoms with Gasteiger partial charge in [-0.1, -0.05) is 24.3 Å². The van der Waals surface area contributed by atoms with Crippen molar-refractivity contribution in [2.75, 3.05) is 16.6 Å². The van der Waals surface area contributed by atoms with Crippen molar-refractivity contribution in [1.82, 2.24) is 5.32 Å². The molecule has 0 saturated carbocycles. The molecule has 0 bridgehead atoms. The van der Waals surface area contributed by atoms with Gasteiger partial charge in [0.15, 0.2) is 0 Å². The largest absolute Gasteiger partial charge is 0.346 e. The number of halogens is 1. The molecule has 1 aliphatic rings. The number of amides is 1. The predicted molar refractivity (Wildman–Crippen MR) is 104 cm³/mol. The van der Waals surface area contributed by atoms with Crippen molar-refractivity contribution >= 4 is 27.7 Å². The van der Waals surface area contributed by atoms with E-state index in [-0.39, 0.29) is 23.5 Å². The summed E-state index contributed by atoms with van der Waals surface area (Å²) in [6, 6.07) is 12.8. The van der Waals surface area contributed by atoms with Gasteiger partial charge in [-0.3, -0.25) is 9.10 Å². The summed E-state index contributed by atoms with van der Waals surface area (Å²) >= 11 is 0. The minimum Gasteiger partial charge on any atom is -0.346 e. The highest BCUT2D eigenvalue weighted by molar-refractivity contribution is 7.93. The number of nitrogens with zero attached hydrogens (tertiary/aromatic N) is 1. The van der Waals surface area contributed by atoms with Crippen LogP contribution in [0.15, 0.2) is 54.6 Å². The lowest BCUT2D eigenvalue weighted by molar-refractivity contribution is -0.117. The molecule has 1 saturated heterocycles. The van der Waals surface area contributed by atoms with Gasteiger partial charge in [-0.25, -0.2) is 12.8 Å². The zero-order valence-corrected chi connectivity index (χ0v) is 15.7. The van der Waals surface area contributed by atoms with Gasteiger partial charge in [0.05, 0.1) is 17.5 Å². The monoisotopic (exact) mass is 388 g/mol. The molecule has 1 N–H and O–H groups in total. The van der Waals surface area contributed by atoms with Gasteiger partial charge >= 0.3 is 0 Å². The third-order valence-electron chi connectivity index (χ3n) is 4.44. The van der Waals surface area contributed by atoms with Crippen LogP contribution in [0.3, 0.4) is 0 Å². The Morgan fingerprint density at radius 3 is 2.41 bits per heavy atom. The molecular formula is C20H21FN2O3S. The Kier molecular flexibility index (Phi) is 5.60. The van der Waals surface area contributed by atoms with Crippen LogP contribution in [0.5, 0.6) is 0 Å². The molecule has 0 aliphatic carbocycles. The van der Waals surface area contributed by atoms with Crippen LogP contribution in [0, 0.1) is 5.82 Å². The fourth-order valence-corrected chi connectivity index (χ4v) is 4.51. The van der Waals surface area contributed by atoms with E-state index in [9.17, 15) is 17.6 Å². The van der Waals surface area contributed by atoms with Crippen LogP contribution in [-0.2, 0) is 14.8 Å². The Morgan fingerprint density at radius 2 is 1.81 bits per heavy atom. The smallest absolute Gasteiger partial charge is 0.244 e. The lowest BCUT2D eigenvalue weighted by Gasteiger charge is -2.16. The zero-order valence-electron chi connectivity index (χ0n) is 14.9. The summed E-state index contributed by atoms with van der Waals surface area (Å²) in [5.41, 5.74) is 2.24. The first kappa shape index (κ1) is 19.1. The van der Waals surface area contributed by atoms with E-state index in [1.807, 2.05) is 6.92 Å². The molecule has 1 aliphatic heterocycles. The Labute approximate surface area is 158 Å². The topological polar surface area (TPSA) is 66.5 Å². The van der Waals surface area contributed by atoms with Crippen molar-refractivity contribution in [2.24, 2.45) is 0 Å². The third kappa shape index (κ3) is 4.74. The Morgan fingerprint density at radius 1 is 1.15 bits per heavy atom. The summed E-state index contributed by atoms with van der Waals surface area (Å²) in [4.78, 5) is 12.1. The summed E-state index contributed by atoms with van der Waals surface area (Å²) in [6.07, 6.45) is 3.72. The number of nitrogens with one attached hydrogen (secondary N) is 1. The molecular weight excluding hydrogens is 367 g/mol. The first-order valence-corrected chi connectivity index (χ1v) is 10.3. The highest BCUT2D eigenvalue weighted by atomic mass is 32.2. The Bertz CT molecular complexity index is 938. The fourth-order valence-electron chi connectivity index (χ4n) is 2.95. The first-order chi connectivity index (χ1) is 12.8. The fraction of sp³-hybridized carbons (Fsp3) is 0.250. The van der Waals surface area contributed by atoms with Crippen molar-refractivity contribution in [3.05, 3.63) is 71.6 Å². The van der Waals surface area contributed by atoms with E-state index in [0.717, 1.165) is 11.1 Å². The van der Waals surface area contributed by atoms with E-state index in [4.69, 9.17) is 0 Å². The van der Waals surface area contributed by atoms with Crippen molar-refractivity contribution in [3.8, 4) is 0 Å². The third-order valence-corrected chi connectivity index (χ3v) is 6.31. The van der Waals surface area contributed by atoms with Crippen LogP contribution in [0.25, 0.3) is 6.08 Å². The lowest BCUT2D eigenvalue weighted by atomic mass is 10.1. The molecule has 2 aromatic rings. The average molecular weight is 388 g/mol. The normalized spacial score (nSPS) is 17.2. The number of benzene rings is 2. The average Bonchev–Trinajstić information content (AvgIpc) is 3.00. The molecule has 7 heteroatoms. The molecule has 1 unspecified atom stereocenters. The van der Waals surface area contributed by atoms with Crippen LogP contribution in [-0.4, -0.2) is 26.6 Å². The second-order valence-electron chi connectivity index (χ2n) is 6.45. The SMILES string of the molecule is CC(NC(=O)/C=C/c1ccc(N2CCCS2(=O)=O)cc1)c1ccc(F)cc1. The summed E-state index contributed by atoms with van der Waals surface area (Å²) in [7, 11) is -3.19. The molecule has 2 aromatic carbocycles. The van der Waals surface area contributed by atoms with E-state index >= 15 is 0 Å². The van der Waals surface area contributed by atoms with Crippen LogP contribution in [0.2, 0.25) is 0 Å². The molecule has 1 amide bonds. The summed E-state index contributed by atoms with van der Waals surface area (Å²) in [5.74, 6) is -0.401. The van der Waals surface area contributed by atoms with Gasteiger partial charge in [0.25, 0.3) is 0 Å². The van der Waals surface area contributed by atoms with Crippen LogP contribution in [0.1, 0.15) is 30.5 Å². The van der Waals surface area contributed by atoms with Crippen molar-refractivity contribution in [2.45, 2.75) is 19.4 Å². The number of carbonyl (C=O) groups excluding carboxylic acids is 1. The van der Waals surface area contributed by atoms with Crippen molar-refractivity contribution in [1.29, 1.82) is 0 Å². The summed E-state index contributed by atoms with van der Waals surface area (Å²) in [5, 5.41) is 2.82. The van der Waals surface area contributed by atoms with Gasteiger partial charge in [0.1, 0.15) is 5.82 Å². The maximum absolute atomic E-state index is 13.0. The molecule has 3 rings (SSSR count). The van der Waals surface area contributed by atoms with E-state index < -0.39 is 10.0 Å². The van der Waals surface area contributed by atoms with E-state index in [2.05, 4.69) is 5.32 Å². The predicted octanol–water partition coefficient (Wildman–Crippen LogP) is 3.26. The van der Waals surface area contributed by atoms with E-state index in [0.29, 0.717) is 18.7 Å². The molecule has 1 heterocycles. The second kappa shape index (κ2) is 7.92. The first-order valence-electron chi connectivity index (χ1n) is 8.70. The van der Waals surface area contributed by atoms with Gasteiger partial charge < -0.3 is 5.32 Å². The minimum atomic E-state index is -3.19. The number of carbonyl (C=O) groups is 1. The Hall–Kier alpha value is -2.67. The number of sulfonamides is 1. The van der Waals surface area contributed by atoms with Gasteiger partial charge in [0.2, 0.25) is 15.9 Å². The van der Waals surface area contributed by atoms with Crippen LogP contribution < -0.4 is 9.62 Å². The number of rotatable bonds is 5. The van der Waals surface area contributed by atoms with Gasteiger partial charge in [-0.15, -0.1) is 0 Å². The maximum atomic E-state index is 13.0. The van der Waals surface area contributed by atoms with Gasteiger partial charge in [0, 0.05) is 12.6 Å². The molecule has 0 radical (unpaired) electrons. The lowest BCUT2D eigenvalue weighted by Crippen LogP contribution is -2.25. The molecule has 1 atom stereocenters. The Balaban J connectivity index is 1.60. The number of hydrogen-bond donors (Lipinski definition) is 1. The van der Waals surface area contributed by atoms with Crippen LogP contribution in [0.4, 0.5) is 10.1 Å². The standard InChI is InChI=1S/C20H21FN2O3S/c1-15(17-6-8-18(21)9-7-17)22-20(24)12-5-16-3-10-19(11-4-16)23-13-2-14-27(23,25)26/h3-12,15H,2,13-14H2,1H3,(H,22,24)/b12-5+. The molecule has 0 spiro atoms. The molecule has 1 fully saturated rings. The van der Waals surface area contributed by atoms with E-state index in [1.165, 1.54) is 22.5 Å².